The molecule has 1 unspecified atom stereocenters. The van der Waals surface area contributed by atoms with Crippen molar-refractivity contribution in [2.45, 2.75) is 19.5 Å². The molecule has 82 valence electrons. The zero-order chi connectivity index (χ0) is 11.1. The van der Waals surface area contributed by atoms with Crippen LogP contribution in [-0.4, -0.2) is 10.1 Å². The van der Waals surface area contributed by atoms with Gasteiger partial charge in [0.1, 0.15) is 10.8 Å². The van der Waals surface area contributed by atoms with Gasteiger partial charge in [0.2, 0.25) is 0 Å². The molecule has 2 aromatic rings. The Morgan fingerprint density at radius 2 is 2.25 bits per heavy atom. The van der Waals surface area contributed by atoms with E-state index in [-0.39, 0.29) is 0 Å². The van der Waals surface area contributed by atoms with Crippen LogP contribution in [0.25, 0.3) is 10.6 Å². The Hall–Kier alpha value is -1.39. The van der Waals surface area contributed by atoms with Gasteiger partial charge in [0.05, 0.1) is 11.3 Å². The number of rotatable bonds is 1. The average Bonchev–Trinajstić information content (AvgIpc) is 2.82. The maximum atomic E-state index is 9.77. The van der Waals surface area contributed by atoms with Crippen LogP contribution in [0.1, 0.15) is 23.5 Å². The van der Waals surface area contributed by atoms with Gasteiger partial charge in [-0.15, -0.1) is 11.3 Å². The van der Waals surface area contributed by atoms with E-state index in [2.05, 4.69) is 17.2 Å². The lowest BCUT2D eigenvalue weighted by Crippen LogP contribution is -2.07. The second kappa shape index (κ2) is 3.57. The molecule has 1 aromatic heterocycles. The van der Waals surface area contributed by atoms with Crippen LogP contribution < -0.4 is 5.32 Å². The van der Waals surface area contributed by atoms with Gasteiger partial charge in [0.25, 0.3) is 0 Å². The second-order valence-corrected chi connectivity index (χ2v) is 4.98. The van der Waals surface area contributed by atoms with E-state index in [1.807, 2.05) is 18.2 Å². The molecular formula is C12H12N2OS. The molecule has 2 N–H and O–H groups in total. The Morgan fingerprint density at radius 3 is 3.00 bits per heavy atom. The first-order valence-corrected chi connectivity index (χ1v) is 6.08. The number of phenolic OH excluding ortho intramolecular Hbond substituents is 1. The van der Waals surface area contributed by atoms with Gasteiger partial charge in [0, 0.05) is 17.5 Å². The van der Waals surface area contributed by atoms with Gasteiger partial charge in [-0.3, -0.25) is 0 Å². The third-order valence-corrected chi connectivity index (χ3v) is 4.14. The molecule has 0 aliphatic carbocycles. The van der Waals surface area contributed by atoms with Gasteiger partial charge in [-0.25, -0.2) is 4.98 Å². The fourth-order valence-electron chi connectivity index (χ4n) is 1.94. The number of phenols is 1. The van der Waals surface area contributed by atoms with E-state index in [4.69, 9.17) is 0 Å². The first kappa shape index (κ1) is 9.81. The van der Waals surface area contributed by atoms with Gasteiger partial charge in [0.15, 0.2) is 0 Å². The van der Waals surface area contributed by atoms with E-state index >= 15 is 0 Å². The normalized spacial score (nSPS) is 18.7. The Kier molecular flexibility index (Phi) is 2.19. The molecule has 0 fully saturated rings. The van der Waals surface area contributed by atoms with Crippen LogP contribution in [0.5, 0.6) is 5.75 Å². The summed E-state index contributed by atoms with van der Waals surface area (Å²) >= 11 is 1.66. The zero-order valence-corrected chi connectivity index (χ0v) is 9.71. The van der Waals surface area contributed by atoms with Gasteiger partial charge in [-0.1, -0.05) is 12.1 Å². The Morgan fingerprint density at radius 1 is 1.44 bits per heavy atom. The number of aromatic nitrogens is 1. The van der Waals surface area contributed by atoms with Gasteiger partial charge in [-0.2, -0.15) is 0 Å². The molecule has 1 atom stereocenters. The summed E-state index contributed by atoms with van der Waals surface area (Å²) in [5.41, 5.74) is 1.95. The van der Waals surface area contributed by atoms with Crippen LogP contribution in [0, 0.1) is 0 Å². The van der Waals surface area contributed by atoms with Crippen molar-refractivity contribution in [2.24, 2.45) is 0 Å². The van der Waals surface area contributed by atoms with Crippen LogP contribution in [0.2, 0.25) is 0 Å². The summed E-state index contributed by atoms with van der Waals surface area (Å²) in [6, 6.07) is 7.73. The maximum Gasteiger partial charge on any atom is 0.127 e. The Balaban J connectivity index is 2.09. The van der Waals surface area contributed by atoms with Crippen molar-refractivity contribution in [1.82, 2.24) is 10.3 Å². The van der Waals surface area contributed by atoms with Crippen molar-refractivity contribution in [3.63, 3.8) is 0 Å². The van der Waals surface area contributed by atoms with Crippen molar-refractivity contribution in [3.8, 4) is 16.3 Å². The van der Waals surface area contributed by atoms with E-state index in [1.54, 1.807) is 17.4 Å². The third kappa shape index (κ3) is 1.42. The minimum absolute atomic E-state index is 0.301. The fraction of sp³-hybridized carbons (Fsp3) is 0.250. The predicted molar refractivity (Wildman–Crippen MR) is 64.5 cm³/mol. The monoisotopic (exact) mass is 232 g/mol. The summed E-state index contributed by atoms with van der Waals surface area (Å²) in [6.45, 7) is 2.97. The van der Waals surface area contributed by atoms with Crippen molar-refractivity contribution in [2.75, 3.05) is 0 Å². The molecule has 1 aliphatic heterocycles. The van der Waals surface area contributed by atoms with Crippen LogP contribution in [0.15, 0.2) is 24.3 Å². The Labute approximate surface area is 97.8 Å². The lowest BCUT2D eigenvalue weighted by molar-refractivity contribution is 0.477. The molecule has 16 heavy (non-hydrogen) atoms. The SMILES string of the molecule is CC1NCc2nc(-c3ccccc3O)sc21. The number of thiazole rings is 1. The zero-order valence-electron chi connectivity index (χ0n) is 8.90. The quantitative estimate of drug-likeness (QED) is 0.794. The highest BCUT2D eigenvalue weighted by atomic mass is 32.1. The maximum absolute atomic E-state index is 9.77. The Bertz CT molecular complexity index is 536. The number of hydrogen-bond donors (Lipinski definition) is 2. The van der Waals surface area contributed by atoms with Crippen molar-refractivity contribution >= 4 is 11.3 Å². The summed E-state index contributed by atoms with van der Waals surface area (Å²) in [5.74, 6) is 0.301. The minimum atomic E-state index is 0.301. The number of nitrogens with zero attached hydrogens (tertiary/aromatic N) is 1. The van der Waals surface area contributed by atoms with E-state index in [9.17, 15) is 5.11 Å². The molecule has 0 saturated carbocycles. The summed E-state index contributed by atoms with van der Waals surface area (Å²) in [4.78, 5) is 5.86. The number of aromatic hydroxyl groups is 1. The first-order chi connectivity index (χ1) is 7.75. The lowest BCUT2D eigenvalue weighted by Gasteiger charge is -2.02. The summed E-state index contributed by atoms with van der Waals surface area (Å²) in [6.07, 6.45) is 0. The van der Waals surface area contributed by atoms with Crippen molar-refractivity contribution in [3.05, 3.63) is 34.8 Å². The number of benzene rings is 1. The number of hydrogen-bond acceptors (Lipinski definition) is 4. The highest BCUT2D eigenvalue weighted by Gasteiger charge is 2.23. The van der Waals surface area contributed by atoms with E-state index < -0.39 is 0 Å². The molecule has 3 rings (SSSR count). The van der Waals surface area contributed by atoms with E-state index in [1.165, 1.54) is 4.88 Å². The number of para-hydroxylation sites is 1. The summed E-state index contributed by atoms with van der Waals surface area (Å²) in [7, 11) is 0. The predicted octanol–water partition coefficient (Wildman–Crippen LogP) is 2.68. The molecule has 0 amide bonds. The van der Waals surface area contributed by atoms with Crippen molar-refractivity contribution < 1.29 is 5.11 Å². The van der Waals surface area contributed by atoms with E-state index in [0.717, 1.165) is 22.8 Å². The molecule has 2 heterocycles. The smallest absolute Gasteiger partial charge is 0.127 e. The molecule has 4 heteroatoms. The number of fused-ring (bicyclic) bond motifs is 1. The number of nitrogens with one attached hydrogen (secondary N) is 1. The lowest BCUT2D eigenvalue weighted by atomic mass is 10.2. The molecule has 3 nitrogen and oxygen atoms in total. The average molecular weight is 232 g/mol. The second-order valence-electron chi connectivity index (χ2n) is 3.95. The molecule has 0 radical (unpaired) electrons. The van der Waals surface area contributed by atoms with Gasteiger partial charge in [-0.05, 0) is 19.1 Å². The van der Waals surface area contributed by atoms with Gasteiger partial charge < -0.3 is 10.4 Å². The highest BCUT2D eigenvalue weighted by Crippen LogP contribution is 2.38. The highest BCUT2D eigenvalue weighted by molar-refractivity contribution is 7.15. The molecule has 1 aromatic carbocycles. The summed E-state index contributed by atoms with van der Waals surface area (Å²) in [5, 5.41) is 14.0. The standard InChI is InChI=1S/C12H12N2OS/c1-7-11-9(6-13-7)14-12(16-11)8-4-2-3-5-10(8)15/h2-5,7,13,15H,6H2,1H3. The first-order valence-electron chi connectivity index (χ1n) is 5.27. The third-order valence-electron chi connectivity index (χ3n) is 2.83. The molecular weight excluding hydrogens is 220 g/mol. The van der Waals surface area contributed by atoms with E-state index in [0.29, 0.717) is 11.8 Å². The fourth-order valence-corrected chi connectivity index (χ4v) is 3.08. The van der Waals surface area contributed by atoms with Gasteiger partial charge >= 0.3 is 0 Å². The topological polar surface area (TPSA) is 45.2 Å². The molecule has 1 aliphatic rings. The molecule has 0 saturated heterocycles. The largest absolute Gasteiger partial charge is 0.507 e. The van der Waals surface area contributed by atoms with Crippen LogP contribution in [0.4, 0.5) is 0 Å². The van der Waals surface area contributed by atoms with Crippen LogP contribution in [-0.2, 0) is 6.54 Å². The molecule has 0 spiro atoms. The summed E-state index contributed by atoms with van der Waals surface area (Å²) < 4.78 is 0. The van der Waals surface area contributed by atoms with Crippen LogP contribution >= 0.6 is 11.3 Å². The van der Waals surface area contributed by atoms with Crippen molar-refractivity contribution in [1.29, 1.82) is 0 Å². The van der Waals surface area contributed by atoms with Crippen LogP contribution in [0.3, 0.4) is 0 Å². The minimum Gasteiger partial charge on any atom is -0.507 e. The molecule has 0 bridgehead atoms.